The van der Waals surface area contributed by atoms with Crippen LogP contribution in [0.15, 0.2) is 5.38 Å². The lowest BCUT2D eigenvalue weighted by Crippen LogP contribution is -2.32. The summed E-state index contributed by atoms with van der Waals surface area (Å²) in [5.74, 6) is 0.519. The highest BCUT2D eigenvalue weighted by Gasteiger charge is 2.33. The molecule has 1 saturated heterocycles. The van der Waals surface area contributed by atoms with Crippen LogP contribution in [0.1, 0.15) is 56.3 Å². The molecular weight excluding hydrogens is 230 g/mol. The van der Waals surface area contributed by atoms with Gasteiger partial charge in [-0.3, -0.25) is 4.90 Å². The molecule has 0 amide bonds. The van der Waals surface area contributed by atoms with Gasteiger partial charge in [0.05, 0.1) is 16.7 Å². The Morgan fingerprint density at radius 3 is 2.94 bits per heavy atom. The van der Waals surface area contributed by atoms with Crippen molar-refractivity contribution in [3.05, 3.63) is 16.1 Å². The van der Waals surface area contributed by atoms with E-state index < -0.39 is 0 Å². The van der Waals surface area contributed by atoms with Crippen molar-refractivity contribution in [2.24, 2.45) is 5.73 Å². The topological polar surface area (TPSA) is 42.1 Å². The van der Waals surface area contributed by atoms with Crippen molar-refractivity contribution in [1.29, 1.82) is 0 Å². The molecule has 0 aliphatic carbocycles. The number of aromatic nitrogens is 1. The van der Waals surface area contributed by atoms with Gasteiger partial charge in [-0.05, 0) is 19.4 Å². The van der Waals surface area contributed by atoms with Gasteiger partial charge in [0.25, 0.3) is 0 Å². The van der Waals surface area contributed by atoms with Gasteiger partial charge in [-0.2, -0.15) is 0 Å². The number of thiazole rings is 1. The minimum Gasteiger partial charge on any atom is -0.326 e. The summed E-state index contributed by atoms with van der Waals surface area (Å²) in [5, 5.41) is 3.43. The van der Waals surface area contributed by atoms with Crippen molar-refractivity contribution < 1.29 is 0 Å². The first-order chi connectivity index (χ1) is 8.13. The minimum atomic E-state index is 0.253. The van der Waals surface area contributed by atoms with E-state index in [0.29, 0.717) is 12.0 Å². The van der Waals surface area contributed by atoms with E-state index >= 15 is 0 Å². The van der Waals surface area contributed by atoms with Crippen LogP contribution in [0.4, 0.5) is 0 Å². The summed E-state index contributed by atoms with van der Waals surface area (Å²) in [4.78, 5) is 7.26. The van der Waals surface area contributed by atoms with Crippen molar-refractivity contribution in [2.75, 3.05) is 13.1 Å². The first-order valence-electron chi connectivity index (χ1n) is 6.58. The molecule has 0 aromatic carbocycles. The summed E-state index contributed by atoms with van der Waals surface area (Å²) >= 11 is 1.77. The second-order valence-corrected chi connectivity index (χ2v) is 6.09. The molecule has 96 valence electrons. The Balaban J connectivity index is 2.17. The van der Waals surface area contributed by atoms with E-state index in [0.717, 1.165) is 19.5 Å². The Labute approximate surface area is 108 Å². The Hall–Kier alpha value is -0.450. The van der Waals surface area contributed by atoms with Gasteiger partial charge in [0.15, 0.2) is 0 Å². The standard InChI is InChI=1S/C13H23N3S/c1-4-6-16-7-5-10(14)12(16)11-8-17-13(15-11)9(2)3/h8-10,12H,4-7,14H2,1-3H3/t10-,12-/m0/s1. The molecule has 0 spiro atoms. The molecule has 1 aromatic rings. The fourth-order valence-electron chi connectivity index (χ4n) is 2.53. The average molecular weight is 253 g/mol. The molecule has 4 heteroatoms. The Morgan fingerprint density at radius 1 is 1.59 bits per heavy atom. The van der Waals surface area contributed by atoms with Crippen LogP contribution in [0.5, 0.6) is 0 Å². The second-order valence-electron chi connectivity index (χ2n) is 5.20. The minimum absolute atomic E-state index is 0.253. The van der Waals surface area contributed by atoms with E-state index in [1.54, 1.807) is 11.3 Å². The van der Waals surface area contributed by atoms with Crippen molar-refractivity contribution in [1.82, 2.24) is 9.88 Å². The number of likely N-dealkylation sites (tertiary alicyclic amines) is 1. The highest BCUT2D eigenvalue weighted by molar-refractivity contribution is 7.09. The molecule has 1 aliphatic heterocycles. The maximum Gasteiger partial charge on any atom is 0.0954 e. The molecule has 1 aromatic heterocycles. The molecule has 0 unspecified atom stereocenters. The van der Waals surface area contributed by atoms with Gasteiger partial charge in [0.2, 0.25) is 0 Å². The molecule has 0 radical (unpaired) electrons. The fourth-order valence-corrected chi connectivity index (χ4v) is 3.39. The quantitative estimate of drug-likeness (QED) is 0.897. The molecule has 3 nitrogen and oxygen atoms in total. The van der Waals surface area contributed by atoms with Gasteiger partial charge in [0.1, 0.15) is 0 Å². The van der Waals surface area contributed by atoms with E-state index in [9.17, 15) is 0 Å². The van der Waals surface area contributed by atoms with Crippen molar-refractivity contribution in [3.63, 3.8) is 0 Å². The van der Waals surface area contributed by atoms with E-state index in [2.05, 4.69) is 31.1 Å². The lowest BCUT2D eigenvalue weighted by Gasteiger charge is -2.24. The van der Waals surface area contributed by atoms with E-state index in [1.165, 1.54) is 17.1 Å². The molecule has 1 aliphatic rings. The van der Waals surface area contributed by atoms with Crippen LogP contribution in [0, 0.1) is 0 Å². The number of hydrogen-bond acceptors (Lipinski definition) is 4. The summed E-state index contributed by atoms with van der Waals surface area (Å²) < 4.78 is 0. The van der Waals surface area contributed by atoms with Gasteiger partial charge in [-0.15, -0.1) is 11.3 Å². The maximum atomic E-state index is 6.24. The second kappa shape index (κ2) is 5.46. The van der Waals surface area contributed by atoms with Gasteiger partial charge in [-0.1, -0.05) is 20.8 Å². The zero-order valence-corrected chi connectivity index (χ0v) is 11.8. The first kappa shape index (κ1) is 13.0. The third-order valence-electron chi connectivity index (χ3n) is 3.40. The summed E-state index contributed by atoms with van der Waals surface area (Å²) in [6.45, 7) is 8.87. The molecule has 17 heavy (non-hydrogen) atoms. The first-order valence-corrected chi connectivity index (χ1v) is 7.46. The van der Waals surface area contributed by atoms with Gasteiger partial charge in [-0.25, -0.2) is 4.98 Å². The van der Waals surface area contributed by atoms with E-state index in [1.807, 2.05) is 0 Å². The molecule has 2 atom stereocenters. The van der Waals surface area contributed by atoms with Crippen molar-refractivity contribution in [3.8, 4) is 0 Å². The molecule has 2 heterocycles. The van der Waals surface area contributed by atoms with Gasteiger partial charge in [0, 0.05) is 23.9 Å². The largest absolute Gasteiger partial charge is 0.326 e. The van der Waals surface area contributed by atoms with Crippen LogP contribution >= 0.6 is 11.3 Å². The number of rotatable bonds is 4. The van der Waals surface area contributed by atoms with E-state index in [4.69, 9.17) is 10.7 Å². The predicted octanol–water partition coefficient (Wildman–Crippen LogP) is 2.75. The highest BCUT2D eigenvalue weighted by atomic mass is 32.1. The van der Waals surface area contributed by atoms with Crippen LogP contribution in [-0.2, 0) is 0 Å². The molecule has 0 saturated carbocycles. The van der Waals surface area contributed by atoms with E-state index in [-0.39, 0.29) is 6.04 Å². The number of hydrogen-bond donors (Lipinski definition) is 1. The zero-order valence-electron chi connectivity index (χ0n) is 11.0. The number of nitrogens with zero attached hydrogens (tertiary/aromatic N) is 2. The normalized spacial score (nSPS) is 25.9. The molecule has 0 bridgehead atoms. The van der Waals surface area contributed by atoms with Crippen LogP contribution in [0.3, 0.4) is 0 Å². The molecule has 2 rings (SSSR count). The Bertz CT molecular complexity index is 359. The Kier molecular flexibility index (Phi) is 4.17. The van der Waals surface area contributed by atoms with Gasteiger partial charge < -0.3 is 5.73 Å². The van der Waals surface area contributed by atoms with Crippen molar-refractivity contribution >= 4 is 11.3 Å². The lowest BCUT2D eigenvalue weighted by atomic mass is 10.1. The summed E-state index contributed by atoms with van der Waals surface area (Å²) in [6, 6.07) is 0.599. The third-order valence-corrected chi connectivity index (χ3v) is 4.56. The molecule has 1 fully saturated rings. The van der Waals surface area contributed by atoms with Crippen LogP contribution in [-0.4, -0.2) is 29.0 Å². The van der Waals surface area contributed by atoms with Crippen LogP contribution < -0.4 is 5.73 Å². The average Bonchev–Trinajstić information content (AvgIpc) is 2.86. The monoisotopic (exact) mass is 253 g/mol. The van der Waals surface area contributed by atoms with Crippen LogP contribution in [0.2, 0.25) is 0 Å². The lowest BCUT2D eigenvalue weighted by molar-refractivity contribution is 0.244. The van der Waals surface area contributed by atoms with Crippen molar-refractivity contribution in [2.45, 2.75) is 51.6 Å². The molecular formula is C13H23N3S. The summed E-state index contributed by atoms with van der Waals surface area (Å²) in [6.07, 6.45) is 2.28. The maximum absolute atomic E-state index is 6.24. The smallest absolute Gasteiger partial charge is 0.0954 e. The third kappa shape index (κ3) is 2.69. The SMILES string of the molecule is CCCN1CC[C@H](N)[C@H]1c1csc(C(C)C)n1. The highest BCUT2D eigenvalue weighted by Crippen LogP contribution is 2.33. The number of nitrogens with two attached hydrogens (primary N) is 1. The zero-order chi connectivity index (χ0) is 12.4. The van der Waals surface area contributed by atoms with Crippen LogP contribution in [0.25, 0.3) is 0 Å². The summed E-state index contributed by atoms with van der Waals surface area (Å²) in [7, 11) is 0. The summed E-state index contributed by atoms with van der Waals surface area (Å²) in [5.41, 5.74) is 7.43. The Morgan fingerprint density at radius 2 is 2.35 bits per heavy atom. The van der Waals surface area contributed by atoms with Gasteiger partial charge >= 0.3 is 0 Å². The predicted molar refractivity (Wildman–Crippen MR) is 73.4 cm³/mol. The molecule has 2 N–H and O–H groups in total. The fraction of sp³-hybridized carbons (Fsp3) is 0.769.